The van der Waals surface area contributed by atoms with Crippen molar-refractivity contribution in [3.63, 3.8) is 0 Å². The maximum Gasteiger partial charge on any atom is 0.127 e. The minimum atomic E-state index is 0.235. The molecule has 9 heavy (non-hydrogen) atoms. The third kappa shape index (κ3) is 1.27. The second-order valence-corrected chi connectivity index (χ2v) is 1.88. The van der Waals surface area contributed by atoms with E-state index in [2.05, 4.69) is 11.2 Å². The second kappa shape index (κ2) is 2.60. The van der Waals surface area contributed by atoms with Crippen LogP contribution in [0.2, 0.25) is 5.02 Å². The fourth-order valence-electron chi connectivity index (χ4n) is 0.473. The van der Waals surface area contributed by atoms with Gasteiger partial charge in [0.2, 0.25) is 0 Å². The summed E-state index contributed by atoms with van der Waals surface area (Å²) in [4.78, 5) is 9.87. The molecule has 1 radical (unpaired) electrons. The van der Waals surface area contributed by atoms with Crippen molar-refractivity contribution in [2.24, 2.45) is 5.18 Å². The molecule has 0 spiro atoms. The smallest absolute Gasteiger partial charge is 0.127 e. The van der Waals surface area contributed by atoms with Crippen LogP contribution in [0.25, 0.3) is 0 Å². The Morgan fingerprint density at radius 1 is 1.67 bits per heavy atom. The van der Waals surface area contributed by atoms with E-state index >= 15 is 0 Å². The van der Waals surface area contributed by atoms with Crippen LogP contribution in [0.1, 0.15) is 0 Å². The Morgan fingerprint density at radius 3 is 2.89 bits per heavy atom. The van der Waals surface area contributed by atoms with Gasteiger partial charge < -0.3 is 0 Å². The van der Waals surface area contributed by atoms with Gasteiger partial charge in [-0.25, -0.2) is 0 Å². The molecular weight excluding hydrogens is 138 g/mol. The van der Waals surface area contributed by atoms with E-state index in [0.717, 1.165) is 0 Å². The van der Waals surface area contributed by atoms with Gasteiger partial charge in [0.25, 0.3) is 0 Å². The summed E-state index contributed by atoms with van der Waals surface area (Å²) in [5, 5.41) is 3.02. The van der Waals surface area contributed by atoms with Gasteiger partial charge in [-0.2, -0.15) is 0 Å². The summed E-state index contributed by atoms with van der Waals surface area (Å²) in [6, 6.07) is 7.30. The molecule has 0 N–H and O–H groups in total. The molecule has 0 saturated heterocycles. The molecule has 1 aromatic carbocycles. The van der Waals surface area contributed by atoms with Gasteiger partial charge >= 0.3 is 0 Å². The number of hydrogen-bond donors (Lipinski definition) is 0. The molecule has 1 aromatic rings. The van der Waals surface area contributed by atoms with Crippen LogP contribution < -0.4 is 0 Å². The Morgan fingerprint density at radius 2 is 2.44 bits per heavy atom. The summed E-state index contributed by atoms with van der Waals surface area (Å²) in [6.07, 6.45) is 0. The monoisotopic (exact) mass is 140 g/mol. The summed E-state index contributed by atoms with van der Waals surface area (Å²) in [7, 11) is 0. The van der Waals surface area contributed by atoms with Crippen LogP contribution in [0.15, 0.2) is 23.4 Å². The molecule has 0 aromatic heterocycles. The molecular formula is C6H3ClNO. The van der Waals surface area contributed by atoms with Crippen LogP contribution >= 0.6 is 11.6 Å². The number of hydrogen-bond acceptors (Lipinski definition) is 2. The first-order valence-electron chi connectivity index (χ1n) is 2.33. The summed E-state index contributed by atoms with van der Waals surface area (Å²) in [5.41, 5.74) is 0.235. The van der Waals surface area contributed by atoms with E-state index in [4.69, 9.17) is 11.6 Å². The average Bonchev–Trinajstić information content (AvgIpc) is 1.89. The van der Waals surface area contributed by atoms with Gasteiger partial charge in [0, 0.05) is 0 Å². The van der Waals surface area contributed by atoms with Crippen LogP contribution in [0, 0.1) is 11.0 Å². The molecule has 0 aliphatic rings. The number of benzene rings is 1. The Balaban J connectivity index is 3.15. The Kier molecular flexibility index (Phi) is 1.80. The number of nitrogens with zero attached hydrogens (tertiary/aromatic N) is 1. The Hall–Kier alpha value is -0.890. The quantitative estimate of drug-likeness (QED) is 0.551. The minimum absolute atomic E-state index is 0.235. The first-order chi connectivity index (χ1) is 4.34. The van der Waals surface area contributed by atoms with E-state index in [1.807, 2.05) is 0 Å². The molecule has 0 aliphatic heterocycles. The lowest BCUT2D eigenvalue weighted by Gasteiger charge is -1.88. The predicted molar refractivity (Wildman–Crippen MR) is 35.7 cm³/mol. The molecule has 1 rings (SSSR count). The summed E-state index contributed by atoms with van der Waals surface area (Å²) >= 11 is 5.51. The fraction of sp³-hybridized carbons (Fsp3) is 0. The first kappa shape index (κ1) is 6.23. The van der Waals surface area contributed by atoms with Crippen LogP contribution in [0.5, 0.6) is 0 Å². The largest absolute Gasteiger partial charge is 0.145 e. The lowest BCUT2D eigenvalue weighted by molar-refractivity contribution is 1.49. The van der Waals surface area contributed by atoms with Crippen LogP contribution in [0.4, 0.5) is 5.69 Å². The lowest BCUT2D eigenvalue weighted by Crippen LogP contribution is -1.63. The highest BCUT2D eigenvalue weighted by Crippen LogP contribution is 2.22. The minimum Gasteiger partial charge on any atom is -0.145 e. The van der Waals surface area contributed by atoms with Crippen LogP contribution in [-0.2, 0) is 0 Å². The predicted octanol–water partition coefficient (Wildman–Crippen LogP) is 2.54. The molecule has 45 valence electrons. The van der Waals surface area contributed by atoms with Crippen LogP contribution in [0.3, 0.4) is 0 Å². The highest BCUT2D eigenvalue weighted by atomic mass is 35.5. The third-order valence-electron chi connectivity index (χ3n) is 0.889. The number of rotatable bonds is 1. The van der Waals surface area contributed by atoms with Gasteiger partial charge in [-0.15, -0.1) is 4.91 Å². The van der Waals surface area contributed by atoms with Crippen molar-refractivity contribution in [2.45, 2.75) is 0 Å². The summed E-state index contributed by atoms with van der Waals surface area (Å²) < 4.78 is 0. The summed E-state index contributed by atoms with van der Waals surface area (Å²) in [5.74, 6) is 0. The molecule has 0 unspecified atom stereocenters. The molecule has 0 saturated carbocycles. The van der Waals surface area contributed by atoms with E-state index < -0.39 is 0 Å². The van der Waals surface area contributed by atoms with E-state index in [1.54, 1.807) is 12.1 Å². The standard InChI is InChI=1S/C6H3ClNO/c7-5-3-1-2-4-6(5)8-9/h1,3-4H. The fourth-order valence-corrected chi connectivity index (χ4v) is 0.625. The maximum absolute atomic E-state index is 9.87. The number of halogens is 1. The molecule has 0 amide bonds. The zero-order valence-corrected chi connectivity index (χ0v) is 5.22. The van der Waals surface area contributed by atoms with Crippen molar-refractivity contribution in [1.29, 1.82) is 0 Å². The van der Waals surface area contributed by atoms with Crippen molar-refractivity contribution in [3.8, 4) is 0 Å². The molecule has 2 nitrogen and oxygen atoms in total. The average molecular weight is 141 g/mol. The first-order valence-corrected chi connectivity index (χ1v) is 2.71. The zero-order valence-electron chi connectivity index (χ0n) is 4.47. The highest BCUT2D eigenvalue weighted by Gasteiger charge is 1.94. The Bertz CT molecular complexity index is 224. The maximum atomic E-state index is 9.87. The molecule has 0 aliphatic carbocycles. The van der Waals surface area contributed by atoms with Gasteiger partial charge in [0.15, 0.2) is 0 Å². The van der Waals surface area contributed by atoms with Gasteiger partial charge in [0.05, 0.1) is 5.02 Å². The van der Waals surface area contributed by atoms with Crippen molar-refractivity contribution in [2.75, 3.05) is 0 Å². The van der Waals surface area contributed by atoms with E-state index in [-0.39, 0.29) is 5.69 Å². The van der Waals surface area contributed by atoms with Gasteiger partial charge in [0.1, 0.15) is 5.69 Å². The van der Waals surface area contributed by atoms with Crippen molar-refractivity contribution in [3.05, 3.63) is 34.2 Å². The van der Waals surface area contributed by atoms with E-state index in [1.165, 1.54) is 6.07 Å². The van der Waals surface area contributed by atoms with E-state index in [9.17, 15) is 4.91 Å². The van der Waals surface area contributed by atoms with Crippen molar-refractivity contribution < 1.29 is 0 Å². The molecule has 0 bridgehead atoms. The Labute approximate surface area is 57.4 Å². The molecule has 0 fully saturated rings. The van der Waals surface area contributed by atoms with Gasteiger partial charge in [-0.3, -0.25) is 0 Å². The SMILES string of the molecule is O=Nc1c[c]ccc1Cl. The second-order valence-electron chi connectivity index (χ2n) is 1.47. The molecule has 0 atom stereocenters. The van der Waals surface area contributed by atoms with Crippen LogP contribution in [-0.4, -0.2) is 0 Å². The third-order valence-corrected chi connectivity index (χ3v) is 1.21. The van der Waals surface area contributed by atoms with Gasteiger partial charge in [-0.05, 0) is 23.4 Å². The molecule has 3 heteroatoms. The highest BCUT2D eigenvalue weighted by molar-refractivity contribution is 6.32. The topological polar surface area (TPSA) is 29.4 Å². The zero-order chi connectivity index (χ0) is 6.69. The number of nitroso groups, excluding NO2 is 1. The molecule has 0 heterocycles. The lowest BCUT2D eigenvalue weighted by atomic mass is 10.3. The van der Waals surface area contributed by atoms with Gasteiger partial charge in [-0.1, -0.05) is 17.7 Å². The van der Waals surface area contributed by atoms with E-state index in [0.29, 0.717) is 5.02 Å². The van der Waals surface area contributed by atoms with Crippen molar-refractivity contribution in [1.82, 2.24) is 0 Å². The summed E-state index contributed by atoms with van der Waals surface area (Å²) in [6.45, 7) is 0. The normalized spacial score (nSPS) is 9.00. The van der Waals surface area contributed by atoms with Crippen molar-refractivity contribution >= 4 is 17.3 Å².